The van der Waals surface area contributed by atoms with Gasteiger partial charge in [0.15, 0.2) is 0 Å². The van der Waals surface area contributed by atoms with Gasteiger partial charge in [0.05, 0.1) is 11.0 Å². The van der Waals surface area contributed by atoms with E-state index in [-0.39, 0.29) is 18.0 Å². The second-order valence-corrected chi connectivity index (χ2v) is 7.01. The minimum absolute atomic E-state index is 0. The number of aryl methyl sites for hydroxylation is 1. The molecule has 0 radical (unpaired) electrons. The van der Waals surface area contributed by atoms with E-state index < -0.39 is 0 Å². The van der Waals surface area contributed by atoms with Crippen LogP contribution in [0.5, 0.6) is 0 Å². The Hall–Kier alpha value is -2.79. The molecule has 2 heterocycles. The van der Waals surface area contributed by atoms with Crippen LogP contribution in [0.2, 0.25) is 0 Å². The average Bonchev–Trinajstić information content (AvgIpc) is 3.18. The lowest BCUT2D eigenvalue weighted by Crippen LogP contribution is -2.18. The fourth-order valence-electron chi connectivity index (χ4n) is 3.21. The minimum Gasteiger partial charge on any atom is -0.322 e. The standard InChI is InChI=1S/C21H22N4O.ClH/c1-13(2)16-10-8-15(9-11-16)12-17-14(3)24-25(20(17)26)21-22-18-6-4-5-7-19(18)23-21;/h4-11,13,24H,12H2,1-3H3,(H,22,23);1H. The van der Waals surface area contributed by atoms with Crippen molar-refractivity contribution in [1.29, 1.82) is 0 Å². The fraction of sp³-hybridized carbons (Fsp3) is 0.238. The lowest BCUT2D eigenvalue weighted by molar-refractivity contribution is 0.790. The van der Waals surface area contributed by atoms with Crippen molar-refractivity contribution >= 4 is 23.4 Å². The zero-order chi connectivity index (χ0) is 18.3. The van der Waals surface area contributed by atoms with Crippen LogP contribution in [0.3, 0.4) is 0 Å². The molecule has 27 heavy (non-hydrogen) atoms. The van der Waals surface area contributed by atoms with Crippen molar-refractivity contribution in [3.05, 3.63) is 81.3 Å². The Balaban J connectivity index is 0.00000210. The number of nitrogens with zero attached hydrogens (tertiary/aromatic N) is 2. The number of halogens is 1. The summed E-state index contributed by atoms with van der Waals surface area (Å²) in [6, 6.07) is 16.2. The number of fused-ring (bicyclic) bond motifs is 1. The summed E-state index contributed by atoms with van der Waals surface area (Å²) in [6.07, 6.45) is 0.604. The van der Waals surface area contributed by atoms with Gasteiger partial charge >= 0.3 is 0 Å². The number of rotatable bonds is 4. The monoisotopic (exact) mass is 382 g/mol. The number of benzene rings is 2. The number of H-pyrrole nitrogens is 2. The number of aromatic amines is 2. The molecule has 0 bridgehead atoms. The Morgan fingerprint density at radius 2 is 1.78 bits per heavy atom. The lowest BCUT2D eigenvalue weighted by atomic mass is 9.99. The van der Waals surface area contributed by atoms with E-state index in [1.54, 1.807) is 0 Å². The molecule has 2 aromatic heterocycles. The van der Waals surface area contributed by atoms with Gasteiger partial charge in [-0.25, -0.2) is 4.98 Å². The maximum Gasteiger partial charge on any atom is 0.277 e. The molecule has 0 aliphatic rings. The van der Waals surface area contributed by atoms with Gasteiger partial charge in [0.1, 0.15) is 0 Å². The molecule has 0 atom stereocenters. The van der Waals surface area contributed by atoms with Crippen molar-refractivity contribution in [2.45, 2.75) is 33.1 Å². The molecule has 0 spiro atoms. The molecular formula is C21H23ClN4O. The summed E-state index contributed by atoms with van der Waals surface area (Å²) in [6.45, 7) is 6.28. The van der Waals surface area contributed by atoms with Crippen molar-refractivity contribution in [2.24, 2.45) is 0 Å². The highest BCUT2D eigenvalue weighted by Gasteiger charge is 2.15. The highest BCUT2D eigenvalue weighted by atomic mass is 35.5. The van der Waals surface area contributed by atoms with Crippen LogP contribution in [0.4, 0.5) is 0 Å². The summed E-state index contributed by atoms with van der Waals surface area (Å²) in [5.74, 6) is 1.02. The molecule has 4 rings (SSSR count). The topological polar surface area (TPSA) is 66.5 Å². The third-order valence-electron chi connectivity index (χ3n) is 4.81. The Morgan fingerprint density at radius 1 is 1.07 bits per heavy atom. The molecule has 2 N–H and O–H groups in total. The second kappa shape index (κ2) is 7.45. The SMILES string of the molecule is Cc1[nH]n(-c2nc3ccccc3[nH]2)c(=O)c1Cc1ccc(C(C)C)cc1.Cl. The van der Waals surface area contributed by atoms with Gasteiger partial charge in [-0.15, -0.1) is 12.4 Å². The highest BCUT2D eigenvalue weighted by molar-refractivity contribution is 5.85. The highest BCUT2D eigenvalue weighted by Crippen LogP contribution is 2.17. The van der Waals surface area contributed by atoms with Crippen molar-refractivity contribution in [3.8, 4) is 5.95 Å². The van der Waals surface area contributed by atoms with E-state index in [1.807, 2.05) is 31.2 Å². The van der Waals surface area contributed by atoms with Crippen LogP contribution in [0.15, 0.2) is 53.3 Å². The summed E-state index contributed by atoms with van der Waals surface area (Å²) < 4.78 is 1.49. The minimum atomic E-state index is -0.0607. The van der Waals surface area contributed by atoms with Gasteiger partial charge in [0.2, 0.25) is 5.95 Å². The molecule has 0 saturated heterocycles. The van der Waals surface area contributed by atoms with Crippen molar-refractivity contribution in [1.82, 2.24) is 19.7 Å². The van der Waals surface area contributed by atoms with Gasteiger partial charge < -0.3 is 4.98 Å². The Bertz CT molecular complexity index is 1090. The molecular weight excluding hydrogens is 360 g/mol. The summed E-state index contributed by atoms with van der Waals surface area (Å²) in [7, 11) is 0. The van der Waals surface area contributed by atoms with E-state index in [4.69, 9.17) is 0 Å². The van der Waals surface area contributed by atoms with Crippen molar-refractivity contribution in [3.63, 3.8) is 0 Å². The van der Waals surface area contributed by atoms with Gasteiger partial charge in [0, 0.05) is 17.7 Å². The molecule has 0 amide bonds. The van der Waals surface area contributed by atoms with Gasteiger partial charge in [-0.05, 0) is 36.1 Å². The number of hydrogen-bond acceptors (Lipinski definition) is 2. The van der Waals surface area contributed by atoms with Gasteiger partial charge in [-0.1, -0.05) is 50.2 Å². The maximum atomic E-state index is 12.9. The molecule has 0 saturated carbocycles. The molecule has 0 unspecified atom stereocenters. The summed E-state index contributed by atoms with van der Waals surface area (Å²) in [5, 5.41) is 3.15. The summed E-state index contributed by atoms with van der Waals surface area (Å²) in [4.78, 5) is 20.6. The number of aromatic nitrogens is 4. The summed E-state index contributed by atoms with van der Waals surface area (Å²) >= 11 is 0. The predicted molar refractivity (Wildman–Crippen MR) is 111 cm³/mol. The van der Waals surface area contributed by atoms with Crippen LogP contribution in [-0.4, -0.2) is 19.7 Å². The Labute approximate surface area is 163 Å². The number of para-hydroxylation sites is 2. The average molecular weight is 383 g/mol. The van der Waals surface area contributed by atoms with Gasteiger partial charge in [0.25, 0.3) is 5.56 Å². The first-order valence-electron chi connectivity index (χ1n) is 8.87. The van der Waals surface area contributed by atoms with E-state index in [1.165, 1.54) is 10.2 Å². The second-order valence-electron chi connectivity index (χ2n) is 7.01. The molecule has 4 aromatic rings. The molecule has 0 aliphatic heterocycles. The molecule has 6 heteroatoms. The third-order valence-corrected chi connectivity index (χ3v) is 4.81. The van der Waals surface area contributed by atoms with Crippen LogP contribution < -0.4 is 5.56 Å². The van der Waals surface area contributed by atoms with Crippen LogP contribution in [0.25, 0.3) is 17.0 Å². The Morgan fingerprint density at radius 3 is 2.44 bits per heavy atom. The van der Waals surface area contributed by atoms with E-state index in [2.05, 4.69) is 53.2 Å². The maximum absolute atomic E-state index is 12.9. The molecule has 2 aromatic carbocycles. The quantitative estimate of drug-likeness (QED) is 0.546. The zero-order valence-corrected chi connectivity index (χ0v) is 16.4. The summed E-state index contributed by atoms with van der Waals surface area (Å²) in [5.41, 5.74) is 5.75. The first-order chi connectivity index (χ1) is 12.5. The molecule has 0 fully saturated rings. The van der Waals surface area contributed by atoms with E-state index in [9.17, 15) is 4.79 Å². The van der Waals surface area contributed by atoms with Crippen LogP contribution >= 0.6 is 12.4 Å². The van der Waals surface area contributed by atoms with E-state index >= 15 is 0 Å². The number of nitrogens with one attached hydrogen (secondary N) is 2. The first-order valence-corrected chi connectivity index (χ1v) is 8.87. The zero-order valence-electron chi connectivity index (χ0n) is 15.6. The number of imidazole rings is 1. The van der Waals surface area contributed by atoms with E-state index in [0.717, 1.165) is 27.9 Å². The van der Waals surface area contributed by atoms with Crippen LogP contribution in [0, 0.1) is 6.92 Å². The van der Waals surface area contributed by atoms with E-state index in [0.29, 0.717) is 18.3 Å². The van der Waals surface area contributed by atoms with Crippen molar-refractivity contribution in [2.75, 3.05) is 0 Å². The number of hydrogen-bond donors (Lipinski definition) is 2. The predicted octanol–water partition coefficient (Wildman–Crippen LogP) is 4.49. The normalized spacial score (nSPS) is 11.1. The van der Waals surface area contributed by atoms with Gasteiger partial charge in [-0.2, -0.15) is 4.68 Å². The molecule has 140 valence electrons. The van der Waals surface area contributed by atoms with Gasteiger partial charge in [-0.3, -0.25) is 9.89 Å². The third kappa shape index (κ3) is 3.55. The lowest BCUT2D eigenvalue weighted by Gasteiger charge is -2.06. The Kier molecular flexibility index (Phi) is 5.24. The van der Waals surface area contributed by atoms with Crippen molar-refractivity contribution < 1.29 is 0 Å². The van der Waals surface area contributed by atoms with Crippen LogP contribution in [0.1, 0.15) is 42.1 Å². The molecule has 5 nitrogen and oxygen atoms in total. The molecule has 0 aliphatic carbocycles. The smallest absolute Gasteiger partial charge is 0.277 e. The first kappa shape index (κ1) is 19.0. The fourth-order valence-corrected chi connectivity index (χ4v) is 3.21. The largest absolute Gasteiger partial charge is 0.322 e. The van der Waals surface area contributed by atoms with Crippen LogP contribution in [-0.2, 0) is 6.42 Å².